The molecule has 0 aliphatic heterocycles. The predicted octanol–water partition coefficient (Wildman–Crippen LogP) is 2.68. The molecule has 0 saturated carbocycles. The number of carbonyl (C=O) groups is 2. The highest BCUT2D eigenvalue weighted by molar-refractivity contribution is 7.09. The van der Waals surface area contributed by atoms with Gasteiger partial charge in [0.05, 0.1) is 10.7 Å². The summed E-state index contributed by atoms with van der Waals surface area (Å²) in [5, 5.41) is 8.40. The molecule has 0 spiro atoms. The lowest BCUT2D eigenvalue weighted by Gasteiger charge is -2.14. The summed E-state index contributed by atoms with van der Waals surface area (Å²) in [5.41, 5.74) is 1.36. The van der Waals surface area contributed by atoms with Crippen LogP contribution in [-0.4, -0.2) is 29.4 Å². The Labute approximate surface area is 151 Å². The van der Waals surface area contributed by atoms with Gasteiger partial charge in [0.15, 0.2) is 0 Å². The summed E-state index contributed by atoms with van der Waals surface area (Å²) in [6.45, 7) is 6.58. The van der Waals surface area contributed by atoms with Crippen LogP contribution in [-0.2, 0) is 11.4 Å². The van der Waals surface area contributed by atoms with E-state index in [1.54, 1.807) is 42.5 Å². The number of aryl methyl sites for hydroxylation is 1. The largest absolute Gasteiger partial charge is 0.487 e. The first kappa shape index (κ1) is 18.9. The minimum atomic E-state index is -0.581. The Morgan fingerprint density at radius 2 is 2.00 bits per heavy atom. The van der Waals surface area contributed by atoms with Crippen LogP contribution in [0.2, 0.25) is 0 Å². The van der Waals surface area contributed by atoms with E-state index in [4.69, 9.17) is 4.74 Å². The Morgan fingerprint density at radius 3 is 2.60 bits per heavy atom. The molecule has 0 radical (unpaired) electrons. The van der Waals surface area contributed by atoms with Gasteiger partial charge in [-0.15, -0.1) is 11.3 Å². The SMILES string of the molecule is CCCNC(=O)[C@@H](C)NC(=O)c1ccc(OCc2csc(C)n2)cc1. The van der Waals surface area contributed by atoms with Gasteiger partial charge in [-0.3, -0.25) is 9.59 Å². The topological polar surface area (TPSA) is 80.3 Å². The molecule has 0 unspecified atom stereocenters. The average molecular weight is 361 g/mol. The van der Waals surface area contributed by atoms with Crippen molar-refractivity contribution in [3.63, 3.8) is 0 Å². The Hall–Kier alpha value is -2.41. The monoisotopic (exact) mass is 361 g/mol. The highest BCUT2D eigenvalue weighted by atomic mass is 32.1. The number of ether oxygens (including phenoxy) is 1. The van der Waals surface area contributed by atoms with Crippen molar-refractivity contribution in [1.82, 2.24) is 15.6 Å². The first-order valence-electron chi connectivity index (χ1n) is 8.22. The Balaban J connectivity index is 1.85. The first-order valence-corrected chi connectivity index (χ1v) is 9.10. The van der Waals surface area contributed by atoms with Crippen LogP contribution in [0.5, 0.6) is 5.75 Å². The molecule has 0 fully saturated rings. The smallest absolute Gasteiger partial charge is 0.251 e. The molecule has 0 saturated heterocycles. The summed E-state index contributed by atoms with van der Waals surface area (Å²) in [6, 6.07) is 6.23. The minimum Gasteiger partial charge on any atom is -0.487 e. The van der Waals surface area contributed by atoms with E-state index < -0.39 is 6.04 Å². The first-order chi connectivity index (χ1) is 12.0. The van der Waals surface area contributed by atoms with E-state index in [2.05, 4.69) is 15.6 Å². The molecule has 1 heterocycles. The van der Waals surface area contributed by atoms with Crippen LogP contribution in [0.25, 0.3) is 0 Å². The van der Waals surface area contributed by atoms with Crippen LogP contribution in [0.1, 0.15) is 41.3 Å². The molecule has 2 aromatic rings. The van der Waals surface area contributed by atoms with Gasteiger partial charge < -0.3 is 15.4 Å². The van der Waals surface area contributed by atoms with Gasteiger partial charge >= 0.3 is 0 Å². The predicted molar refractivity (Wildman–Crippen MR) is 97.9 cm³/mol. The molecular weight excluding hydrogens is 338 g/mol. The molecule has 25 heavy (non-hydrogen) atoms. The van der Waals surface area contributed by atoms with E-state index in [1.807, 2.05) is 19.2 Å². The molecular formula is C18H23N3O3S. The molecule has 134 valence electrons. The van der Waals surface area contributed by atoms with Gasteiger partial charge in [0.25, 0.3) is 5.91 Å². The van der Waals surface area contributed by atoms with E-state index in [0.717, 1.165) is 17.1 Å². The van der Waals surface area contributed by atoms with Crippen molar-refractivity contribution in [3.05, 3.63) is 45.9 Å². The maximum absolute atomic E-state index is 12.2. The number of hydrogen-bond acceptors (Lipinski definition) is 5. The second kappa shape index (κ2) is 9.17. The molecule has 6 nitrogen and oxygen atoms in total. The molecule has 7 heteroatoms. The van der Waals surface area contributed by atoms with Crippen molar-refractivity contribution < 1.29 is 14.3 Å². The second-order valence-corrected chi connectivity index (χ2v) is 6.72. The van der Waals surface area contributed by atoms with E-state index in [1.165, 1.54) is 0 Å². The summed E-state index contributed by atoms with van der Waals surface area (Å²) < 4.78 is 5.65. The zero-order chi connectivity index (χ0) is 18.2. The van der Waals surface area contributed by atoms with Crippen molar-refractivity contribution in [3.8, 4) is 5.75 Å². The number of carbonyl (C=O) groups excluding carboxylic acids is 2. The van der Waals surface area contributed by atoms with Gasteiger partial charge in [0, 0.05) is 17.5 Å². The van der Waals surface area contributed by atoms with Gasteiger partial charge in [0.1, 0.15) is 18.4 Å². The summed E-state index contributed by atoms with van der Waals surface area (Å²) in [7, 11) is 0. The van der Waals surface area contributed by atoms with Gasteiger partial charge in [-0.05, 0) is 44.5 Å². The Bertz CT molecular complexity index is 713. The van der Waals surface area contributed by atoms with Crippen LogP contribution in [0.4, 0.5) is 0 Å². The number of benzene rings is 1. The van der Waals surface area contributed by atoms with Crippen LogP contribution in [0, 0.1) is 6.92 Å². The molecule has 2 amide bonds. The lowest BCUT2D eigenvalue weighted by molar-refractivity contribution is -0.122. The van der Waals surface area contributed by atoms with Gasteiger partial charge in [-0.25, -0.2) is 4.98 Å². The normalized spacial score (nSPS) is 11.6. The number of rotatable bonds is 8. The molecule has 1 aromatic heterocycles. The maximum atomic E-state index is 12.2. The molecule has 2 rings (SSSR count). The lowest BCUT2D eigenvalue weighted by atomic mass is 10.2. The van der Waals surface area contributed by atoms with Crippen molar-refractivity contribution in [1.29, 1.82) is 0 Å². The fourth-order valence-electron chi connectivity index (χ4n) is 2.08. The van der Waals surface area contributed by atoms with Gasteiger partial charge in [-0.1, -0.05) is 6.92 Å². The summed E-state index contributed by atoms with van der Waals surface area (Å²) in [4.78, 5) is 28.3. The Kier molecular flexibility index (Phi) is 6.94. The number of hydrogen-bond donors (Lipinski definition) is 2. The van der Waals surface area contributed by atoms with Crippen LogP contribution in [0.3, 0.4) is 0 Å². The van der Waals surface area contributed by atoms with Crippen LogP contribution in [0.15, 0.2) is 29.6 Å². The summed E-state index contributed by atoms with van der Waals surface area (Å²) in [6.07, 6.45) is 0.855. The molecule has 1 aromatic carbocycles. The number of amides is 2. The molecule has 1 atom stereocenters. The van der Waals surface area contributed by atoms with Crippen molar-refractivity contribution in [2.75, 3.05) is 6.54 Å². The molecule has 2 N–H and O–H groups in total. The number of nitrogens with one attached hydrogen (secondary N) is 2. The van der Waals surface area contributed by atoms with E-state index in [-0.39, 0.29) is 11.8 Å². The quantitative estimate of drug-likeness (QED) is 0.757. The van der Waals surface area contributed by atoms with Crippen molar-refractivity contribution in [2.24, 2.45) is 0 Å². The lowest BCUT2D eigenvalue weighted by Crippen LogP contribution is -2.44. The number of aromatic nitrogens is 1. The average Bonchev–Trinajstić information content (AvgIpc) is 3.03. The molecule has 0 bridgehead atoms. The summed E-state index contributed by atoms with van der Waals surface area (Å²) >= 11 is 1.58. The number of thiazole rings is 1. The third kappa shape index (κ3) is 5.86. The zero-order valence-electron chi connectivity index (χ0n) is 14.7. The Morgan fingerprint density at radius 1 is 1.28 bits per heavy atom. The standard InChI is InChI=1S/C18H23N3O3S/c1-4-9-19-17(22)12(2)20-18(23)14-5-7-16(8-6-14)24-10-15-11-25-13(3)21-15/h5-8,11-12H,4,9-10H2,1-3H3,(H,19,22)(H,20,23)/t12-/m1/s1. The number of nitrogens with zero attached hydrogens (tertiary/aromatic N) is 1. The van der Waals surface area contributed by atoms with E-state index in [0.29, 0.717) is 24.5 Å². The van der Waals surface area contributed by atoms with Crippen molar-refractivity contribution >= 4 is 23.2 Å². The highest BCUT2D eigenvalue weighted by Gasteiger charge is 2.16. The fourth-order valence-corrected chi connectivity index (χ4v) is 2.68. The van der Waals surface area contributed by atoms with Crippen LogP contribution >= 0.6 is 11.3 Å². The second-order valence-electron chi connectivity index (χ2n) is 5.66. The minimum absolute atomic E-state index is 0.186. The fraction of sp³-hybridized carbons (Fsp3) is 0.389. The third-order valence-corrected chi connectivity index (χ3v) is 4.28. The highest BCUT2D eigenvalue weighted by Crippen LogP contribution is 2.15. The third-order valence-electron chi connectivity index (χ3n) is 3.46. The van der Waals surface area contributed by atoms with Crippen LogP contribution < -0.4 is 15.4 Å². The van der Waals surface area contributed by atoms with Gasteiger partial charge in [0.2, 0.25) is 5.91 Å². The van der Waals surface area contributed by atoms with E-state index in [9.17, 15) is 9.59 Å². The maximum Gasteiger partial charge on any atom is 0.251 e. The molecule has 0 aliphatic rings. The zero-order valence-corrected chi connectivity index (χ0v) is 15.5. The van der Waals surface area contributed by atoms with Gasteiger partial charge in [-0.2, -0.15) is 0 Å². The summed E-state index contributed by atoms with van der Waals surface area (Å²) in [5.74, 6) is 0.186. The molecule has 0 aliphatic carbocycles. The van der Waals surface area contributed by atoms with Crippen molar-refractivity contribution in [2.45, 2.75) is 39.8 Å². The van der Waals surface area contributed by atoms with E-state index >= 15 is 0 Å².